The minimum Gasteiger partial charge on any atom is -0.433 e. The fourth-order valence-electron chi connectivity index (χ4n) is 2.89. The van der Waals surface area contributed by atoms with Gasteiger partial charge in [0.2, 0.25) is 5.91 Å². The molecule has 4 nitrogen and oxygen atoms in total. The minimum absolute atomic E-state index is 0.0192. The molecule has 0 saturated heterocycles. The Balaban J connectivity index is 1.47. The van der Waals surface area contributed by atoms with Gasteiger partial charge in [0.25, 0.3) is 0 Å². The van der Waals surface area contributed by atoms with E-state index in [0.717, 1.165) is 6.42 Å². The van der Waals surface area contributed by atoms with Crippen molar-refractivity contribution in [1.82, 2.24) is 10.3 Å². The summed E-state index contributed by atoms with van der Waals surface area (Å²) >= 11 is 0. The van der Waals surface area contributed by atoms with Crippen LogP contribution in [0.2, 0.25) is 0 Å². The number of hydrogen-bond acceptors (Lipinski definition) is 3. The van der Waals surface area contributed by atoms with Gasteiger partial charge in [-0.1, -0.05) is 6.42 Å². The Morgan fingerprint density at radius 2 is 2.30 bits per heavy atom. The predicted octanol–water partition coefficient (Wildman–Crippen LogP) is 2.49. The molecule has 2 aliphatic carbocycles. The van der Waals surface area contributed by atoms with Gasteiger partial charge >= 0.3 is 6.61 Å². The summed E-state index contributed by atoms with van der Waals surface area (Å²) in [7, 11) is 0. The summed E-state index contributed by atoms with van der Waals surface area (Å²) < 4.78 is 28.2. The molecule has 1 aromatic heterocycles. The molecule has 3 rings (SSSR count). The molecule has 6 heteroatoms. The van der Waals surface area contributed by atoms with Gasteiger partial charge in [0, 0.05) is 5.92 Å². The molecular formula is C14H16F2N2O2. The van der Waals surface area contributed by atoms with E-state index in [1.54, 1.807) is 6.07 Å². The number of rotatable bonds is 5. The summed E-state index contributed by atoms with van der Waals surface area (Å²) in [6, 6.07) is 3.00. The van der Waals surface area contributed by atoms with Crippen LogP contribution in [0.5, 0.6) is 5.75 Å². The first kappa shape index (κ1) is 13.3. The largest absolute Gasteiger partial charge is 0.433 e. The van der Waals surface area contributed by atoms with Crippen LogP contribution in [0.3, 0.4) is 0 Å². The number of nitrogens with zero attached hydrogens (tertiary/aromatic N) is 1. The van der Waals surface area contributed by atoms with Crippen molar-refractivity contribution in [2.24, 2.45) is 11.3 Å². The molecular weight excluding hydrogens is 266 g/mol. The van der Waals surface area contributed by atoms with E-state index in [1.807, 2.05) is 0 Å². The maximum absolute atomic E-state index is 12.0. The van der Waals surface area contributed by atoms with Gasteiger partial charge in [0.1, 0.15) is 5.75 Å². The second kappa shape index (κ2) is 5.00. The summed E-state index contributed by atoms with van der Waals surface area (Å²) in [6.45, 7) is -2.53. The molecule has 0 aliphatic heterocycles. The SMILES string of the molecule is O=C(NCc1ccc(OC(F)F)cn1)C1CC12CCC2. The molecule has 1 aromatic rings. The van der Waals surface area contributed by atoms with Crippen LogP contribution in [-0.2, 0) is 11.3 Å². The van der Waals surface area contributed by atoms with Crippen molar-refractivity contribution in [2.75, 3.05) is 0 Å². The lowest BCUT2D eigenvalue weighted by molar-refractivity contribution is -0.123. The van der Waals surface area contributed by atoms with Crippen LogP contribution in [0, 0.1) is 11.3 Å². The highest BCUT2D eigenvalue weighted by atomic mass is 19.3. The fourth-order valence-corrected chi connectivity index (χ4v) is 2.89. The molecule has 0 radical (unpaired) electrons. The fraction of sp³-hybridized carbons (Fsp3) is 0.571. The topological polar surface area (TPSA) is 51.2 Å². The molecule has 1 N–H and O–H groups in total. The predicted molar refractivity (Wildman–Crippen MR) is 67.1 cm³/mol. The third kappa shape index (κ3) is 2.59. The Bertz CT molecular complexity index is 500. The van der Waals surface area contributed by atoms with Crippen molar-refractivity contribution >= 4 is 5.91 Å². The first-order chi connectivity index (χ1) is 9.59. The number of carbonyl (C=O) groups excluding carboxylic acids is 1. The Morgan fingerprint density at radius 3 is 2.80 bits per heavy atom. The highest BCUT2D eigenvalue weighted by Crippen LogP contribution is 2.65. The molecule has 2 fully saturated rings. The molecule has 0 bridgehead atoms. The van der Waals surface area contributed by atoms with E-state index in [1.165, 1.54) is 31.5 Å². The Morgan fingerprint density at radius 1 is 1.50 bits per heavy atom. The quantitative estimate of drug-likeness (QED) is 0.902. The lowest BCUT2D eigenvalue weighted by Gasteiger charge is -2.26. The van der Waals surface area contributed by atoms with Crippen LogP contribution in [0.1, 0.15) is 31.4 Å². The molecule has 1 spiro atoms. The maximum Gasteiger partial charge on any atom is 0.387 e. The zero-order chi connectivity index (χ0) is 14.2. The number of pyridine rings is 1. The first-order valence-electron chi connectivity index (χ1n) is 6.76. The van der Waals surface area contributed by atoms with E-state index in [2.05, 4.69) is 15.0 Å². The molecule has 2 aliphatic rings. The zero-order valence-electron chi connectivity index (χ0n) is 10.9. The monoisotopic (exact) mass is 282 g/mol. The average molecular weight is 282 g/mol. The van der Waals surface area contributed by atoms with Crippen molar-refractivity contribution in [2.45, 2.75) is 38.8 Å². The van der Waals surface area contributed by atoms with Gasteiger partial charge in [-0.3, -0.25) is 9.78 Å². The van der Waals surface area contributed by atoms with Crippen LogP contribution in [0.25, 0.3) is 0 Å². The van der Waals surface area contributed by atoms with E-state index in [-0.39, 0.29) is 17.6 Å². The number of hydrogen-bond donors (Lipinski definition) is 1. The van der Waals surface area contributed by atoms with E-state index >= 15 is 0 Å². The standard InChI is InChI=1S/C14H16F2N2O2/c15-13(16)20-10-3-2-9(17-8-10)7-18-12(19)11-6-14(11)4-1-5-14/h2-3,8,11,13H,1,4-7H2,(H,18,19). The second-order valence-corrected chi connectivity index (χ2v) is 5.55. The van der Waals surface area contributed by atoms with E-state index in [0.29, 0.717) is 17.7 Å². The van der Waals surface area contributed by atoms with Crippen molar-refractivity contribution < 1.29 is 18.3 Å². The second-order valence-electron chi connectivity index (χ2n) is 5.55. The Hall–Kier alpha value is -1.72. The van der Waals surface area contributed by atoms with Crippen molar-refractivity contribution in [1.29, 1.82) is 0 Å². The van der Waals surface area contributed by atoms with Gasteiger partial charge < -0.3 is 10.1 Å². The van der Waals surface area contributed by atoms with Crippen molar-refractivity contribution in [3.8, 4) is 5.75 Å². The number of halogens is 2. The van der Waals surface area contributed by atoms with Crippen LogP contribution in [0.4, 0.5) is 8.78 Å². The lowest BCUT2D eigenvalue weighted by Crippen LogP contribution is -2.29. The van der Waals surface area contributed by atoms with E-state index in [9.17, 15) is 13.6 Å². The molecule has 20 heavy (non-hydrogen) atoms. The van der Waals surface area contributed by atoms with Gasteiger partial charge in [0.15, 0.2) is 0 Å². The number of carbonyl (C=O) groups is 1. The van der Waals surface area contributed by atoms with Crippen LogP contribution >= 0.6 is 0 Å². The van der Waals surface area contributed by atoms with Crippen LogP contribution < -0.4 is 10.1 Å². The van der Waals surface area contributed by atoms with Crippen LogP contribution in [-0.4, -0.2) is 17.5 Å². The summed E-state index contributed by atoms with van der Waals surface area (Å²) in [4.78, 5) is 15.9. The Kier molecular flexibility index (Phi) is 3.31. The molecule has 1 amide bonds. The number of nitrogens with one attached hydrogen (secondary N) is 1. The van der Waals surface area contributed by atoms with Gasteiger partial charge in [-0.25, -0.2) is 0 Å². The molecule has 1 atom stereocenters. The van der Waals surface area contributed by atoms with Gasteiger partial charge in [-0.15, -0.1) is 0 Å². The molecule has 108 valence electrons. The third-order valence-electron chi connectivity index (χ3n) is 4.32. The van der Waals surface area contributed by atoms with Crippen molar-refractivity contribution in [3.05, 3.63) is 24.0 Å². The number of alkyl halides is 2. The normalized spacial score (nSPS) is 22.4. The molecule has 0 aromatic carbocycles. The first-order valence-corrected chi connectivity index (χ1v) is 6.76. The smallest absolute Gasteiger partial charge is 0.387 e. The third-order valence-corrected chi connectivity index (χ3v) is 4.32. The summed E-state index contributed by atoms with van der Waals surface area (Å²) in [5, 5.41) is 2.85. The highest BCUT2D eigenvalue weighted by molar-refractivity contribution is 5.82. The van der Waals surface area contributed by atoms with Crippen LogP contribution in [0.15, 0.2) is 18.3 Å². The minimum atomic E-state index is -2.85. The molecule has 1 heterocycles. The van der Waals surface area contributed by atoms with Gasteiger partial charge in [0.05, 0.1) is 18.4 Å². The summed E-state index contributed by atoms with van der Waals surface area (Å²) in [5.41, 5.74) is 0.940. The van der Waals surface area contributed by atoms with Gasteiger partial charge in [-0.2, -0.15) is 8.78 Å². The average Bonchev–Trinajstić information content (AvgIpc) is 3.12. The van der Waals surface area contributed by atoms with Crippen molar-refractivity contribution in [3.63, 3.8) is 0 Å². The van der Waals surface area contributed by atoms with Gasteiger partial charge in [-0.05, 0) is 36.8 Å². The molecule has 2 saturated carbocycles. The van der Waals surface area contributed by atoms with E-state index in [4.69, 9.17) is 0 Å². The van der Waals surface area contributed by atoms with E-state index < -0.39 is 6.61 Å². The number of amides is 1. The highest BCUT2D eigenvalue weighted by Gasteiger charge is 2.60. The summed E-state index contributed by atoms with van der Waals surface area (Å²) in [5.74, 6) is 0.266. The maximum atomic E-state index is 12.0. The Labute approximate surface area is 115 Å². The zero-order valence-corrected chi connectivity index (χ0v) is 10.9. The number of aromatic nitrogens is 1. The molecule has 1 unspecified atom stereocenters. The number of ether oxygens (including phenoxy) is 1. The lowest BCUT2D eigenvalue weighted by atomic mass is 9.80. The summed E-state index contributed by atoms with van der Waals surface area (Å²) in [6.07, 6.45) is 5.81.